The molecular weight excluding hydrogens is 384 g/mol. The molecule has 0 aliphatic carbocycles. The predicted molar refractivity (Wildman–Crippen MR) is 115 cm³/mol. The van der Waals surface area contributed by atoms with Crippen LogP contribution < -0.4 is 10.5 Å². The molecule has 30 heavy (non-hydrogen) atoms. The number of anilines is 1. The summed E-state index contributed by atoms with van der Waals surface area (Å²) in [6.07, 6.45) is 1.81. The largest absolute Gasteiger partial charge is 0.383 e. The lowest BCUT2D eigenvalue weighted by atomic mass is 10.2. The molecule has 0 saturated carbocycles. The number of imidazole rings is 1. The van der Waals surface area contributed by atoms with Crippen LogP contribution in [0.15, 0.2) is 23.1 Å². The minimum atomic E-state index is -0.114. The first-order valence-corrected chi connectivity index (χ1v) is 10.2. The molecule has 0 aromatic carbocycles. The molecular formula is C21H28N6O3. The number of ether oxygens (including phenoxy) is 2. The topological polar surface area (TPSA) is 87.3 Å². The van der Waals surface area contributed by atoms with Crippen LogP contribution >= 0.6 is 0 Å². The van der Waals surface area contributed by atoms with Crippen LogP contribution in [0.1, 0.15) is 25.5 Å². The molecule has 0 amide bonds. The lowest BCUT2D eigenvalue weighted by molar-refractivity contribution is 0.0985. The van der Waals surface area contributed by atoms with Crippen molar-refractivity contribution >= 4 is 16.9 Å². The van der Waals surface area contributed by atoms with Gasteiger partial charge in [0.05, 0.1) is 43.6 Å². The molecule has 1 aliphatic heterocycles. The van der Waals surface area contributed by atoms with Crippen LogP contribution in [0.3, 0.4) is 0 Å². The molecule has 0 spiro atoms. The highest BCUT2D eigenvalue weighted by Crippen LogP contribution is 2.30. The van der Waals surface area contributed by atoms with Gasteiger partial charge in [0.15, 0.2) is 5.82 Å². The third-order valence-corrected chi connectivity index (χ3v) is 5.54. The fraction of sp³-hybridized carbons (Fsp3) is 0.524. The first-order chi connectivity index (χ1) is 14.4. The Bertz CT molecular complexity index is 1100. The van der Waals surface area contributed by atoms with Crippen LogP contribution in [0.5, 0.6) is 0 Å². The maximum absolute atomic E-state index is 12.1. The second-order valence-electron chi connectivity index (χ2n) is 7.90. The van der Waals surface area contributed by atoms with Crippen molar-refractivity contribution in [2.24, 2.45) is 7.05 Å². The molecule has 0 radical (unpaired) electrons. The smallest absolute Gasteiger partial charge is 0.269 e. The Kier molecular flexibility index (Phi) is 5.57. The molecule has 3 aromatic heterocycles. The fourth-order valence-electron chi connectivity index (χ4n) is 4.02. The van der Waals surface area contributed by atoms with E-state index in [1.165, 1.54) is 4.68 Å². The third kappa shape index (κ3) is 3.59. The maximum atomic E-state index is 12.1. The van der Waals surface area contributed by atoms with Gasteiger partial charge in [-0.2, -0.15) is 5.10 Å². The van der Waals surface area contributed by atoms with Crippen LogP contribution in [0, 0.1) is 6.92 Å². The Balaban J connectivity index is 1.90. The molecule has 3 aromatic rings. The van der Waals surface area contributed by atoms with Crippen LogP contribution in [0.4, 0.5) is 5.82 Å². The summed E-state index contributed by atoms with van der Waals surface area (Å²) in [5.74, 6) is 1.60. The zero-order valence-corrected chi connectivity index (χ0v) is 18.1. The van der Waals surface area contributed by atoms with E-state index in [-0.39, 0.29) is 17.6 Å². The molecule has 160 valence electrons. The number of hydrogen-bond donors (Lipinski definition) is 0. The minimum absolute atomic E-state index is 0.0201. The van der Waals surface area contributed by atoms with Crippen LogP contribution in [0.2, 0.25) is 0 Å². The number of hydrogen-bond acceptors (Lipinski definition) is 7. The Labute approximate surface area is 175 Å². The number of nitrogens with zero attached hydrogens (tertiary/aromatic N) is 6. The van der Waals surface area contributed by atoms with E-state index in [9.17, 15) is 4.79 Å². The highest BCUT2D eigenvalue weighted by Gasteiger charge is 2.24. The number of fused-ring (bicyclic) bond motifs is 1. The quantitative estimate of drug-likeness (QED) is 0.633. The Morgan fingerprint density at radius 2 is 2.17 bits per heavy atom. The first kappa shape index (κ1) is 20.5. The summed E-state index contributed by atoms with van der Waals surface area (Å²) in [6, 6.07) is 4.14. The molecule has 9 heteroatoms. The van der Waals surface area contributed by atoms with Gasteiger partial charge in [0.1, 0.15) is 17.0 Å². The molecule has 1 fully saturated rings. The van der Waals surface area contributed by atoms with Crippen molar-refractivity contribution in [3.8, 4) is 11.5 Å². The summed E-state index contributed by atoms with van der Waals surface area (Å²) < 4.78 is 14.5. The van der Waals surface area contributed by atoms with E-state index in [1.54, 1.807) is 33.3 Å². The van der Waals surface area contributed by atoms with Gasteiger partial charge < -0.3 is 18.9 Å². The van der Waals surface area contributed by atoms with Gasteiger partial charge in [-0.25, -0.2) is 14.6 Å². The number of morpholine rings is 1. The summed E-state index contributed by atoms with van der Waals surface area (Å²) in [5.41, 5.74) is 2.91. The van der Waals surface area contributed by atoms with Gasteiger partial charge in [0.25, 0.3) is 5.56 Å². The number of methoxy groups -OCH3 is 1. The number of aryl methyl sites for hydroxylation is 2. The van der Waals surface area contributed by atoms with Crippen molar-refractivity contribution in [1.82, 2.24) is 24.3 Å². The molecule has 4 rings (SSSR count). The molecule has 4 heterocycles. The van der Waals surface area contributed by atoms with E-state index in [2.05, 4.69) is 39.5 Å². The molecule has 2 atom stereocenters. The standard InChI is InChI=1S/C21H28N6O3/c1-13-8-16(24-25(4)21(13)28)20-23-17-10-22-19(26-6-7-30-12-14(26)2)9-18(17)27(20)15(3)11-29-5/h8-10,14-15H,6-7,11-12H2,1-5H3/t14-,15-/m0/s1. The summed E-state index contributed by atoms with van der Waals surface area (Å²) >= 11 is 0. The minimum Gasteiger partial charge on any atom is -0.383 e. The molecule has 1 saturated heterocycles. The first-order valence-electron chi connectivity index (χ1n) is 10.2. The lowest BCUT2D eigenvalue weighted by Gasteiger charge is -2.34. The fourth-order valence-corrected chi connectivity index (χ4v) is 4.02. The van der Waals surface area contributed by atoms with E-state index < -0.39 is 0 Å². The third-order valence-electron chi connectivity index (χ3n) is 5.54. The average Bonchev–Trinajstić information content (AvgIpc) is 3.11. The van der Waals surface area contributed by atoms with Crippen molar-refractivity contribution in [3.05, 3.63) is 34.2 Å². The van der Waals surface area contributed by atoms with Gasteiger partial charge >= 0.3 is 0 Å². The van der Waals surface area contributed by atoms with Gasteiger partial charge in [-0.1, -0.05) is 0 Å². The van der Waals surface area contributed by atoms with E-state index in [1.807, 2.05) is 0 Å². The molecule has 0 bridgehead atoms. The SMILES string of the molecule is COC[C@H](C)n1c(-c2cc(C)c(=O)n(C)n2)nc2cnc(N3CCOC[C@@H]3C)cc21. The monoisotopic (exact) mass is 412 g/mol. The number of pyridine rings is 1. The van der Waals surface area contributed by atoms with E-state index in [0.29, 0.717) is 36.9 Å². The van der Waals surface area contributed by atoms with Gasteiger partial charge in [-0.05, 0) is 26.8 Å². The van der Waals surface area contributed by atoms with E-state index >= 15 is 0 Å². The highest BCUT2D eigenvalue weighted by molar-refractivity contribution is 5.82. The number of rotatable bonds is 5. The summed E-state index contributed by atoms with van der Waals surface area (Å²) in [4.78, 5) is 23.9. The summed E-state index contributed by atoms with van der Waals surface area (Å²) in [5, 5.41) is 4.46. The zero-order chi connectivity index (χ0) is 21.4. The van der Waals surface area contributed by atoms with Crippen LogP contribution in [-0.4, -0.2) is 63.8 Å². The molecule has 0 N–H and O–H groups in total. The highest BCUT2D eigenvalue weighted by atomic mass is 16.5. The molecule has 1 aliphatic rings. The second-order valence-corrected chi connectivity index (χ2v) is 7.90. The normalized spacial score (nSPS) is 18.2. The van der Waals surface area contributed by atoms with Crippen molar-refractivity contribution in [3.63, 3.8) is 0 Å². The van der Waals surface area contributed by atoms with Crippen molar-refractivity contribution in [2.45, 2.75) is 32.9 Å². The predicted octanol–water partition coefficient (Wildman–Crippen LogP) is 1.93. The Morgan fingerprint density at radius 1 is 1.37 bits per heavy atom. The van der Waals surface area contributed by atoms with Crippen LogP contribution in [0.25, 0.3) is 22.6 Å². The average molecular weight is 412 g/mol. The Hall–Kier alpha value is -2.78. The van der Waals surface area contributed by atoms with Gasteiger partial charge in [-0.15, -0.1) is 0 Å². The van der Waals surface area contributed by atoms with E-state index in [4.69, 9.17) is 14.5 Å². The number of aromatic nitrogens is 5. The Morgan fingerprint density at radius 3 is 2.87 bits per heavy atom. The van der Waals surface area contributed by atoms with Gasteiger partial charge in [0.2, 0.25) is 0 Å². The van der Waals surface area contributed by atoms with Crippen molar-refractivity contribution in [1.29, 1.82) is 0 Å². The molecule has 0 unspecified atom stereocenters. The van der Waals surface area contributed by atoms with Gasteiger partial charge in [0, 0.05) is 32.3 Å². The van der Waals surface area contributed by atoms with Gasteiger partial charge in [-0.3, -0.25) is 4.79 Å². The van der Waals surface area contributed by atoms with E-state index in [0.717, 1.165) is 23.4 Å². The zero-order valence-electron chi connectivity index (χ0n) is 18.1. The second kappa shape index (κ2) is 8.16. The molecule has 9 nitrogen and oxygen atoms in total. The maximum Gasteiger partial charge on any atom is 0.269 e. The summed E-state index contributed by atoms with van der Waals surface area (Å²) in [6.45, 7) is 8.71. The van der Waals surface area contributed by atoms with Crippen molar-refractivity contribution < 1.29 is 9.47 Å². The van der Waals surface area contributed by atoms with Crippen molar-refractivity contribution in [2.75, 3.05) is 38.4 Å². The van der Waals surface area contributed by atoms with Crippen LogP contribution in [-0.2, 0) is 16.5 Å². The lowest BCUT2D eigenvalue weighted by Crippen LogP contribution is -2.44. The summed E-state index contributed by atoms with van der Waals surface area (Å²) in [7, 11) is 3.34.